The highest BCUT2D eigenvalue weighted by atomic mass is 32.2. The zero-order valence-corrected chi connectivity index (χ0v) is 23.3. The molecule has 4 rings (SSSR count). The van der Waals surface area contributed by atoms with E-state index >= 15 is 0 Å². The molecular weight excluding hydrogens is 526 g/mol. The first-order valence-corrected chi connectivity index (χ1v) is 14.1. The van der Waals surface area contributed by atoms with E-state index in [4.69, 9.17) is 4.74 Å². The van der Waals surface area contributed by atoms with Gasteiger partial charge in [0.2, 0.25) is 5.91 Å². The predicted octanol–water partition coefficient (Wildman–Crippen LogP) is 5.33. The zero-order valence-electron chi connectivity index (χ0n) is 22.5. The number of sulfonamides is 1. The van der Waals surface area contributed by atoms with Gasteiger partial charge in [-0.1, -0.05) is 60.2 Å². The highest BCUT2D eigenvalue weighted by Gasteiger charge is 2.28. The van der Waals surface area contributed by atoms with Crippen LogP contribution in [0.5, 0.6) is 5.75 Å². The third-order valence-corrected chi connectivity index (χ3v) is 8.14. The van der Waals surface area contributed by atoms with E-state index < -0.39 is 22.5 Å². The van der Waals surface area contributed by atoms with Crippen LogP contribution in [0.25, 0.3) is 0 Å². The van der Waals surface area contributed by atoms with Gasteiger partial charge in [-0.2, -0.15) is 0 Å². The lowest BCUT2D eigenvalue weighted by atomic mass is 10.1. The van der Waals surface area contributed by atoms with Gasteiger partial charge in [0.25, 0.3) is 15.9 Å². The number of hydrogen-bond acceptors (Lipinski definition) is 5. The third-order valence-electron chi connectivity index (χ3n) is 6.35. The van der Waals surface area contributed by atoms with Crippen LogP contribution in [0.1, 0.15) is 34.5 Å². The molecule has 2 amide bonds. The summed E-state index contributed by atoms with van der Waals surface area (Å²) < 4.78 is 33.6. The third kappa shape index (κ3) is 6.68. The number of rotatable bonds is 10. The van der Waals surface area contributed by atoms with Crippen LogP contribution in [0.3, 0.4) is 0 Å². The van der Waals surface area contributed by atoms with E-state index in [0.29, 0.717) is 11.4 Å². The van der Waals surface area contributed by atoms with Crippen molar-refractivity contribution in [3.05, 3.63) is 120 Å². The maximum atomic E-state index is 13.7. The normalized spacial score (nSPS) is 11.8. The summed E-state index contributed by atoms with van der Waals surface area (Å²) in [6.45, 7) is 3.22. The number of hydrogen-bond donors (Lipinski definition) is 2. The smallest absolute Gasteiger partial charge is 0.264 e. The first-order chi connectivity index (χ1) is 19.2. The van der Waals surface area contributed by atoms with Crippen LogP contribution in [-0.4, -0.2) is 33.9 Å². The monoisotopic (exact) mass is 557 g/mol. The molecule has 0 radical (unpaired) electrons. The average molecular weight is 558 g/mol. The quantitative estimate of drug-likeness (QED) is 0.274. The average Bonchev–Trinajstić information content (AvgIpc) is 2.97. The van der Waals surface area contributed by atoms with Crippen molar-refractivity contribution in [1.82, 2.24) is 5.32 Å². The standard InChI is InChI=1S/C31H31N3O5S/c1-22-13-19-27(20-14-22)40(37,38)34(25-15-17-26(39-3)18-16-25)21-30(35)33-29-12-8-7-11-28(29)31(36)32-23(2)24-9-5-4-6-10-24/h4-20,23H,21H2,1-3H3,(H,32,36)(H,33,35)/t23-/m1/s1. The van der Waals surface area contributed by atoms with Gasteiger partial charge in [-0.15, -0.1) is 0 Å². The Morgan fingerprint density at radius 1 is 0.850 bits per heavy atom. The maximum absolute atomic E-state index is 13.7. The van der Waals surface area contributed by atoms with Gasteiger partial charge in [0.1, 0.15) is 12.3 Å². The molecule has 8 nitrogen and oxygen atoms in total. The summed E-state index contributed by atoms with van der Waals surface area (Å²) in [5.74, 6) is -0.431. The Labute approximate surface area is 234 Å². The summed E-state index contributed by atoms with van der Waals surface area (Å²) in [7, 11) is -2.59. The van der Waals surface area contributed by atoms with Gasteiger partial charge >= 0.3 is 0 Å². The molecule has 0 aliphatic carbocycles. The summed E-state index contributed by atoms with van der Waals surface area (Å²) in [6, 6.07) is 28.7. The second-order valence-corrected chi connectivity index (χ2v) is 11.1. The van der Waals surface area contributed by atoms with Crippen molar-refractivity contribution in [3.8, 4) is 5.75 Å². The molecule has 2 N–H and O–H groups in total. The number of para-hydroxylation sites is 1. The molecule has 0 bridgehead atoms. The number of nitrogens with one attached hydrogen (secondary N) is 2. The first-order valence-electron chi connectivity index (χ1n) is 12.7. The number of amides is 2. The molecule has 0 unspecified atom stereocenters. The number of methoxy groups -OCH3 is 1. The van der Waals surface area contributed by atoms with Crippen molar-refractivity contribution in [2.75, 3.05) is 23.3 Å². The SMILES string of the molecule is COc1ccc(N(CC(=O)Nc2ccccc2C(=O)N[C@H](C)c2ccccc2)S(=O)(=O)c2ccc(C)cc2)cc1. The largest absolute Gasteiger partial charge is 0.497 e. The first kappa shape index (κ1) is 28.4. The van der Waals surface area contributed by atoms with Crippen molar-refractivity contribution in [1.29, 1.82) is 0 Å². The Morgan fingerprint density at radius 2 is 1.48 bits per heavy atom. The molecule has 4 aromatic rings. The molecular formula is C31H31N3O5S. The molecule has 0 saturated carbocycles. The van der Waals surface area contributed by atoms with E-state index in [1.54, 1.807) is 60.7 Å². The van der Waals surface area contributed by atoms with E-state index in [1.807, 2.05) is 44.2 Å². The molecule has 0 saturated heterocycles. The fourth-order valence-electron chi connectivity index (χ4n) is 4.11. The van der Waals surface area contributed by atoms with Crippen molar-refractivity contribution in [2.45, 2.75) is 24.8 Å². The molecule has 0 aromatic heterocycles. The lowest BCUT2D eigenvalue weighted by Crippen LogP contribution is -2.38. The molecule has 9 heteroatoms. The Morgan fingerprint density at radius 3 is 2.12 bits per heavy atom. The summed E-state index contributed by atoms with van der Waals surface area (Å²) in [5.41, 5.74) is 2.67. The van der Waals surface area contributed by atoms with E-state index in [0.717, 1.165) is 15.4 Å². The maximum Gasteiger partial charge on any atom is 0.264 e. The highest BCUT2D eigenvalue weighted by Crippen LogP contribution is 2.26. The van der Waals surface area contributed by atoms with Crippen molar-refractivity contribution in [2.24, 2.45) is 0 Å². The van der Waals surface area contributed by atoms with Crippen LogP contribution < -0.4 is 19.7 Å². The molecule has 40 heavy (non-hydrogen) atoms. The topological polar surface area (TPSA) is 105 Å². The van der Waals surface area contributed by atoms with Gasteiger partial charge in [0.05, 0.1) is 35.0 Å². The second kappa shape index (κ2) is 12.5. The van der Waals surface area contributed by atoms with Gasteiger partial charge in [-0.3, -0.25) is 13.9 Å². The number of carbonyl (C=O) groups is 2. The number of ether oxygens (including phenoxy) is 1. The highest BCUT2D eigenvalue weighted by molar-refractivity contribution is 7.92. The van der Waals surface area contributed by atoms with E-state index in [-0.39, 0.29) is 28.1 Å². The minimum absolute atomic E-state index is 0.0522. The van der Waals surface area contributed by atoms with Crippen LogP contribution >= 0.6 is 0 Å². The van der Waals surface area contributed by atoms with Gasteiger partial charge in [-0.05, 0) is 67.9 Å². The zero-order chi connectivity index (χ0) is 28.7. The van der Waals surface area contributed by atoms with E-state index in [1.165, 1.54) is 19.2 Å². The van der Waals surface area contributed by atoms with Crippen molar-refractivity contribution in [3.63, 3.8) is 0 Å². The Kier molecular flexibility index (Phi) is 8.86. The summed E-state index contributed by atoms with van der Waals surface area (Å²) in [4.78, 5) is 26.5. The molecule has 0 spiro atoms. The summed E-state index contributed by atoms with van der Waals surface area (Å²) in [5, 5.41) is 5.67. The number of aryl methyl sites for hydroxylation is 1. The van der Waals surface area contributed by atoms with E-state index in [2.05, 4.69) is 10.6 Å². The predicted molar refractivity (Wildman–Crippen MR) is 156 cm³/mol. The molecule has 0 fully saturated rings. The lowest BCUT2D eigenvalue weighted by Gasteiger charge is -2.24. The number of nitrogens with zero attached hydrogens (tertiary/aromatic N) is 1. The fourth-order valence-corrected chi connectivity index (χ4v) is 5.53. The molecule has 206 valence electrons. The van der Waals surface area contributed by atoms with Crippen LogP contribution in [0.4, 0.5) is 11.4 Å². The minimum atomic E-state index is -4.10. The van der Waals surface area contributed by atoms with Crippen LogP contribution in [0, 0.1) is 6.92 Å². The van der Waals surface area contributed by atoms with Gasteiger partial charge < -0.3 is 15.4 Å². The Hall–Kier alpha value is -4.63. The second-order valence-electron chi connectivity index (χ2n) is 9.22. The molecule has 1 atom stereocenters. The van der Waals surface area contributed by atoms with Crippen molar-refractivity contribution >= 4 is 33.2 Å². The number of carbonyl (C=O) groups excluding carboxylic acids is 2. The molecule has 4 aromatic carbocycles. The Balaban J connectivity index is 1.58. The lowest BCUT2D eigenvalue weighted by molar-refractivity contribution is -0.114. The Bertz CT molecular complexity index is 1570. The van der Waals surface area contributed by atoms with Gasteiger partial charge in [0.15, 0.2) is 0 Å². The summed E-state index contributed by atoms with van der Waals surface area (Å²) in [6.07, 6.45) is 0. The number of anilines is 2. The van der Waals surface area contributed by atoms with Gasteiger partial charge in [0, 0.05) is 0 Å². The fraction of sp³-hybridized carbons (Fsp3) is 0.161. The van der Waals surface area contributed by atoms with Crippen molar-refractivity contribution < 1.29 is 22.7 Å². The van der Waals surface area contributed by atoms with Crippen LogP contribution in [0.15, 0.2) is 108 Å². The molecule has 0 aliphatic rings. The summed E-state index contributed by atoms with van der Waals surface area (Å²) >= 11 is 0. The number of benzene rings is 4. The van der Waals surface area contributed by atoms with Gasteiger partial charge in [-0.25, -0.2) is 8.42 Å². The molecule has 0 aliphatic heterocycles. The van der Waals surface area contributed by atoms with Crippen LogP contribution in [0.2, 0.25) is 0 Å². The van der Waals surface area contributed by atoms with Crippen LogP contribution in [-0.2, 0) is 14.8 Å². The molecule has 0 heterocycles. The van der Waals surface area contributed by atoms with E-state index in [9.17, 15) is 18.0 Å². The minimum Gasteiger partial charge on any atom is -0.497 e.